The number of aromatic nitrogens is 1. The number of rotatable bonds is 8. The highest BCUT2D eigenvalue weighted by molar-refractivity contribution is 7.09. The maximum atomic E-state index is 11.9. The number of aryl methyl sites for hydroxylation is 1. The van der Waals surface area contributed by atoms with E-state index in [4.69, 9.17) is 4.74 Å². The molecule has 134 valence electrons. The molecule has 0 radical (unpaired) electrons. The predicted octanol–water partition coefficient (Wildman–Crippen LogP) is 4.25. The Hall–Kier alpha value is -2.66. The van der Waals surface area contributed by atoms with Crippen molar-refractivity contribution in [1.29, 1.82) is 0 Å². The van der Waals surface area contributed by atoms with Gasteiger partial charge in [0.1, 0.15) is 5.75 Å². The van der Waals surface area contributed by atoms with Gasteiger partial charge < -0.3 is 10.1 Å². The van der Waals surface area contributed by atoms with Gasteiger partial charge >= 0.3 is 0 Å². The Labute approximate surface area is 157 Å². The van der Waals surface area contributed by atoms with Crippen LogP contribution in [0.2, 0.25) is 0 Å². The lowest BCUT2D eigenvalue weighted by atomic mass is 10.1. The Kier molecular flexibility index (Phi) is 6.39. The van der Waals surface area contributed by atoms with Gasteiger partial charge in [0.25, 0.3) is 0 Å². The van der Waals surface area contributed by atoms with Crippen molar-refractivity contribution in [1.82, 2.24) is 10.3 Å². The van der Waals surface area contributed by atoms with E-state index in [9.17, 15) is 4.79 Å². The molecule has 1 heterocycles. The van der Waals surface area contributed by atoms with Crippen LogP contribution in [0.1, 0.15) is 17.0 Å². The first kappa shape index (κ1) is 18.1. The molecule has 0 aliphatic heterocycles. The van der Waals surface area contributed by atoms with E-state index in [0.717, 1.165) is 28.4 Å². The molecule has 2 aromatic carbocycles. The van der Waals surface area contributed by atoms with Crippen molar-refractivity contribution in [2.45, 2.75) is 19.8 Å². The van der Waals surface area contributed by atoms with Crippen LogP contribution in [0, 0.1) is 6.92 Å². The van der Waals surface area contributed by atoms with Gasteiger partial charge in [-0.05, 0) is 31.0 Å². The normalized spacial score (nSPS) is 10.5. The molecule has 0 bridgehead atoms. The average molecular weight is 366 g/mol. The summed E-state index contributed by atoms with van der Waals surface area (Å²) in [6.45, 7) is 3.02. The molecule has 0 aliphatic rings. The van der Waals surface area contributed by atoms with Gasteiger partial charge in [0.2, 0.25) is 5.91 Å². The van der Waals surface area contributed by atoms with E-state index in [-0.39, 0.29) is 5.91 Å². The molecule has 0 saturated heterocycles. The predicted molar refractivity (Wildman–Crippen MR) is 106 cm³/mol. The summed E-state index contributed by atoms with van der Waals surface area (Å²) < 4.78 is 5.53. The molecule has 0 unspecified atom stereocenters. The van der Waals surface area contributed by atoms with Gasteiger partial charge in [-0.3, -0.25) is 4.79 Å². The summed E-state index contributed by atoms with van der Waals surface area (Å²) >= 11 is 1.66. The summed E-state index contributed by atoms with van der Waals surface area (Å²) in [5, 5.41) is 6.08. The largest absolute Gasteiger partial charge is 0.493 e. The summed E-state index contributed by atoms with van der Waals surface area (Å²) in [5.41, 5.74) is 3.34. The topological polar surface area (TPSA) is 51.2 Å². The number of carbonyl (C=O) groups is 1. The average Bonchev–Trinajstić information content (AvgIpc) is 3.10. The monoisotopic (exact) mass is 366 g/mol. The van der Waals surface area contributed by atoms with Gasteiger partial charge in [-0.1, -0.05) is 42.5 Å². The lowest BCUT2D eigenvalue weighted by Crippen LogP contribution is -2.27. The number of amides is 1. The van der Waals surface area contributed by atoms with Crippen LogP contribution in [0.15, 0.2) is 60.0 Å². The van der Waals surface area contributed by atoms with Gasteiger partial charge in [0.05, 0.1) is 23.7 Å². The van der Waals surface area contributed by atoms with Crippen molar-refractivity contribution >= 4 is 17.2 Å². The van der Waals surface area contributed by atoms with Crippen LogP contribution < -0.4 is 10.1 Å². The molecule has 0 aliphatic carbocycles. The van der Waals surface area contributed by atoms with Crippen LogP contribution in [0.25, 0.3) is 11.3 Å². The molecule has 3 aromatic rings. The zero-order valence-corrected chi connectivity index (χ0v) is 15.6. The first-order chi connectivity index (χ1) is 12.7. The maximum Gasteiger partial charge on any atom is 0.223 e. The second-order valence-corrected chi connectivity index (χ2v) is 7.02. The number of carbonyl (C=O) groups excluding carboxylic acids is 1. The molecule has 1 aromatic heterocycles. The summed E-state index contributed by atoms with van der Waals surface area (Å²) in [6.07, 6.45) is 1.17. The van der Waals surface area contributed by atoms with Gasteiger partial charge in [0.15, 0.2) is 0 Å². The molecule has 1 amide bonds. The molecular weight excluding hydrogens is 344 g/mol. The molecule has 0 fully saturated rings. The number of hydrogen-bond donors (Lipinski definition) is 1. The number of benzene rings is 2. The van der Waals surface area contributed by atoms with E-state index in [1.807, 2.05) is 37.3 Å². The Morgan fingerprint density at radius 3 is 2.58 bits per heavy atom. The molecule has 4 nitrogen and oxygen atoms in total. The fraction of sp³-hybridized carbons (Fsp3) is 0.238. The van der Waals surface area contributed by atoms with Gasteiger partial charge in [-0.25, -0.2) is 4.98 Å². The van der Waals surface area contributed by atoms with Crippen LogP contribution in [0.3, 0.4) is 0 Å². The first-order valence-corrected chi connectivity index (χ1v) is 9.55. The molecule has 0 spiro atoms. The van der Waals surface area contributed by atoms with Crippen molar-refractivity contribution in [3.05, 3.63) is 70.5 Å². The number of ether oxygens (including phenoxy) is 1. The van der Waals surface area contributed by atoms with E-state index in [1.165, 1.54) is 5.56 Å². The SMILES string of the molecule is Cc1nc(-c2ccc(CCNC(=O)CCOc3ccccc3)cc2)cs1. The minimum atomic E-state index is 0.00972. The van der Waals surface area contributed by atoms with Crippen molar-refractivity contribution in [2.24, 2.45) is 0 Å². The highest BCUT2D eigenvalue weighted by Gasteiger charge is 2.04. The third-order valence-electron chi connectivity index (χ3n) is 3.95. The fourth-order valence-electron chi connectivity index (χ4n) is 2.55. The molecule has 0 atom stereocenters. The number of thiazole rings is 1. The van der Waals surface area contributed by atoms with Crippen LogP contribution in [0.4, 0.5) is 0 Å². The highest BCUT2D eigenvalue weighted by atomic mass is 32.1. The third kappa shape index (κ3) is 5.43. The van der Waals surface area contributed by atoms with E-state index in [2.05, 4.69) is 39.9 Å². The Morgan fingerprint density at radius 1 is 1.12 bits per heavy atom. The second-order valence-electron chi connectivity index (χ2n) is 5.96. The number of nitrogens with zero attached hydrogens (tertiary/aromatic N) is 1. The van der Waals surface area contributed by atoms with Crippen LogP contribution in [0.5, 0.6) is 5.75 Å². The summed E-state index contributed by atoms with van der Waals surface area (Å²) in [4.78, 5) is 16.4. The van der Waals surface area contributed by atoms with Crippen LogP contribution >= 0.6 is 11.3 Å². The Balaban J connectivity index is 1.37. The van der Waals surface area contributed by atoms with E-state index < -0.39 is 0 Å². The van der Waals surface area contributed by atoms with Gasteiger partial charge in [-0.2, -0.15) is 0 Å². The van der Waals surface area contributed by atoms with Crippen molar-refractivity contribution in [2.75, 3.05) is 13.2 Å². The fourth-order valence-corrected chi connectivity index (χ4v) is 3.17. The number of nitrogens with one attached hydrogen (secondary N) is 1. The molecule has 1 N–H and O–H groups in total. The van der Waals surface area contributed by atoms with Crippen molar-refractivity contribution in [3.63, 3.8) is 0 Å². The minimum absolute atomic E-state index is 0.00972. The maximum absolute atomic E-state index is 11.9. The lowest BCUT2D eigenvalue weighted by Gasteiger charge is -2.07. The van der Waals surface area contributed by atoms with Gasteiger partial charge in [-0.15, -0.1) is 11.3 Å². The minimum Gasteiger partial charge on any atom is -0.493 e. The zero-order chi connectivity index (χ0) is 18.2. The van der Waals surface area contributed by atoms with Crippen molar-refractivity contribution in [3.8, 4) is 17.0 Å². The smallest absolute Gasteiger partial charge is 0.223 e. The van der Waals surface area contributed by atoms with Crippen LogP contribution in [-0.2, 0) is 11.2 Å². The van der Waals surface area contributed by atoms with E-state index in [1.54, 1.807) is 11.3 Å². The first-order valence-electron chi connectivity index (χ1n) is 8.67. The number of para-hydroxylation sites is 1. The molecule has 26 heavy (non-hydrogen) atoms. The Bertz CT molecular complexity index is 829. The quantitative estimate of drug-likeness (QED) is 0.648. The highest BCUT2D eigenvalue weighted by Crippen LogP contribution is 2.21. The van der Waals surface area contributed by atoms with E-state index >= 15 is 0 Å². The lowest BCUT2D eigenvalue weighted by molar-refractivity contribution is -0.121. The van der Waals surface area contributed by atoms with Crippen LogP contribution in [-0.4, -0.2) is 24.0 Å². The summed E-state index contributed by atoms with van der Waals surface area (Å²) in [7, 11) is 0. The van der Waals surface area contributed by atoms with Crippen molar-refractivity contribution < 1.29 is 9.53 Å². The standard InChI is InChI=1S/C21H22N2O2S/c1-16-23-20(15-26-16)18-9-7-17(8-10-18)11-13-22-21(24)12-14-25-19-5-3-2-4-6-19/h2-10,15H,11-14H2,1H3,(H,22,24). The summed E-state index contributed by atoms with van der Waals surface area (Å²) in [6, 6.07) is 17.9. The Morgan fingerprint density at radius 2 is 1.88 bits per heavy atom. The molecule has 3 rings (SSSR count). The van der Waals surface area contributed by atoms with E-state index in [0.29, 0.717) is 19.6 Å². The van der Waals surface area contributed by atoms with Gasteiger partial charge in [0, 0.05) is 17.5 Å². The molecule has 5 heteroatoms. The zero-order valence-electron chi connectivity index (χ0n) is 14.8. The molecular formula is C21H22N2O2S. The third-order valence-corrected chi connectivity index (χ3v) is 4.72. The second kappa shape index (κ2) is 9.15. The molecule has 0 saturated carbocycles. The summed E-state index contributed by atoms with van der Waals surface area (Å²) in [5.74, 6) is 0.797. The number of hydrogen-bond acceptors (Lipinski definition) is 4.